The zero-order valence-electron chi connectivity index (χ0n) is 19.9. The Kier molecular flexibility index (Phi) is 7.77. The highest BCUT2D eigenvalue weighted by molar-refractivity contribution is 5.28. The molecule has 2 unspecified atom stereocenters. The van der Waals surface area contributed by atoms with Gasteiger partial charge in [-0.1, -0.05) is 45.1 Å². The lowest BCUT2D eigenvalue weighted by Crippen LogP contribution is -2.38. The van der Waals surface area contributed by atoms with Crippen LogP contribution in [-0.2, 0) is 0 Å². The minimum atomic E-state index is -3.24. The van der Waals surface area contributed by atoms with Gasteiger partial charge in [0.05, 0.1) is 5.92 Å². The van der Waals surface area contributed by atoms with E-state index < -0.39 is 17.8 Å². The van der Waals surface area contributed by atoms with Gasteiger partial charge >= 0.3 is 6.11 Å². The zero-order chi connectivity index (χ0) is 22.7. The molecule has 3 aliphatic carbocycles. The molecular weight excluding hydrogens is 409 g/mol. The third kappa shape index (κ3) is 5.83. The fraction of sp³-hybridized carbons (Fsp3) is 0.786. The van der Waals surface area contributed by atoms with E-state index >= 15 is 0 Å². The monoisotopic (exact) mass is 450 g/mol. The van der Waals surface area contributed by atoms with Crippen molar-refractivity contribution in [2.75, 3.05) is 0 Å². The van der Waals surface area contributed by atoms with E-state index in [-0.39, 0.29) is 5.75 Å². The van der Waals surface area contributed by atoms with Crippen molar-refractivity contribution in [3.63, 3.8) is 0 Å². The first-order chi connectivity index (χ1) is 15.3. The maximum Gasteiger partial charge on any atom is 0.400 e. The molecule has 0 amide bonds. The van der Waals surface area contributed by atoms with Gasteiger partial charge in [-0.2, -0.15) is 8.78 Å². The molecule has 0 heterocycles. The van der Waals surface area contributed by atoms with Crippen LogP contribution in [0.4, 0.5) is 13.2 Å². The average molecular weight is 451 g/mol. The van der Waals surface area contributed by atoms with Crippen LogP contribution in [0.25, 0.3) is 0 Å². The van der Waals surface area contributed by atoms with Crippen LogP contribution in [0.5, 0.6) is 5.75 Å². The molecule has 4 rings (SSSR count). The summed E-state index contributed by atoms with van der Waals surface area (Å²) in [5, 5.41) is 0. The molecule has 0 aliphatic heterocycles. The van der Waals surface area contributed by atoms with Gasteiger partial charge in [0.1, 0.15) is 11.6 Å². The molecule has 0 spiro atoms. The van der Waals surface area contributed by atoms with E-state index in [0.29, 0.717) is 30.2 Å². The molecule has 2 atom stereocenters. The van der Waals surface area contributed by atoms with Gasteiger partial charge in [0.15, 0.2) is 0 Å². The molecule has 3 aliphatic rings. The van der Waals surface area contributed by atoms with Gasteiger partial charge in [-0.3, -0.25) is 0 Å². The third-order valence-corrected chi connectivity index (χ3v) is 9.10. The van der Waals surface area contributed by atoms with Crippen LogP contribution in [0, 0.1) is 48.2 Å². The van der Waals surface area contributed by atoms with Crippen LogP contribution < -0.4 is 4.74 Å². The number of alkyl halides is 2. The average Bonchev–Trinajstić information content (AvgIpc) is 3.03. The molecule has 0 saturated heterocycles. The lowest BCUT2D eigenvalue weighted by atomic mass is 9.72. The lowest BCUT2D eigenvalue weighted by molar-refractivity contribution is -0.224. The van der Waals surface area contributed by atoms with Crippen molar-refractivity contribution in [2.24, 2.45) is 35.5 Å². The molecule has 32 heavy (non-hydrogen) atoms. The van der Waals surface area contributed by atoms with Crippen LogP contribution in [-0.4, -0.2) is 6.11 Å². The van der Waals surface area contributed by atoms with Crippen LogP contribution >= 0.6 is 0 Å². The number of hydrogen-bond acceptors (Lipinski definition) is 1. The van der Waals surface area contributed by atoms with Gasteiger partial charge in [-0.05, 0) is 99.5 Å². The topological polar surface area (TPSA) is 9.23 Å². The van der Waals surface area contributed by atoms with E-state index in [2.05, 4.69) is 6.92 Å². The van der Waals surface area contributed by atoms with E-state index in [9.17, 15) is 13.2 Å². The molecule has 1 aromatic carbocycles. The number of aryl methyl sites for hydroxylation is 1. The van der Waals surface area contributed by atoms with Crippen molar-refractivity contribution in [1.82, 2.24) is 0 Å². The Labute approximate surface area is 192 Å². The predicted molar refractivity (Wildman–Crippen MR) is 123 cm³/mol. The minimum absolute atomic E-state index is 0.0767. The smallest absolute Gasteiger partial charge is 0.400 e. The first-order valence-corrected chi connectivity index (χ1v) is 13.1. The molecular formula is C28H41F3O. The second-order valence-electron chi connectivity index (χ2n) is 11.2. The molecule has 3 saturated carbocycles. The molecule has 180 valence electrons. The summed E-state index contributed by atoms with van der Waals surface area (Å²) in [7, 11) is 0. The standard InChI is InChI=1S/C28H41F3O/c1-19-6-9-23(10-7-19)21-4-3-5-22(12-11-21)24-13-15-25(16-14-24)28(30,31)32-26-17-8-20(2)27(29)18-26/h8,17-19,21-25H,3-7,9-16H2,1-2H3. The zero-order valence-corrected chi connectivity index (χ0v) is 19.9. The Balaban J connectivity index is 1.26. The SMILES string of the molecule is Cc1ccc(OC(F)(F)C2CCC(C3CCCC(C4CCC(C)CC4)CC3)CC2)cc1F. The first-order valence-electron chi connectivity index (χ1n) is 13.1. The summed E-state index contributed by atoms with van der Waals surface area (Å²) in [5.41, 5.74) is 0.435. The third-order valence-electron chi connectivity index (χ3n) is 9.10. The predicted octanol–water partition coefficient (Wildman–Crippen LogP) is 8.93. The van der Waals surface area contributed by atoms with Gasteiger partial charge in [-0.25, -0.2) is 4.39 Å². The molecule has 1 nitrogen and oxygen atoms in total. The van der Waals surface area contributed by atoms with Crippen LogP contribution in [0.3, 0.4) is 0 Å². The largest absolute Gasteiger partial charge is 0.432 e. The summed E-state index contributed by atoms with van der Waals surface area (Å²) in [6.45, 7) is 4.01. The summed E-state index contributed by atoms with van der Waals surface area (Å²) in [4.78, 5) is 0. The molecule has 0 radical (unpaired) electrons. The van der Waals surface area contributed by atoms with Crippen molar-refractivity contribution in [2.45, 2.75) is 103 Å². The van der Waals surface area contributed by atoms with Gasteiger partial charge < -0.3 is 4.74 Å². The highest BCUT2D eigenvalue weighted by Crippen LogP contribution is 2.47. The molecule has 3 fully saturated rings. The number of halogens is 3. The van der Waals surface area contributed by atoms with Crippen molar-refractivity contribution >= 4 is 0 Å². The Morgan fingerprint density at radius 2 is 1.25 bits per heavy atom. The Hall–Kier alpha value is -1.19. The second-order valence-corrected chi connectivity index (χ2v) is 11.2. The summed E-state index contributed by atoms with van der Waals surface area (Å²) in [6.07, 6.45) is 11.8. The summed E-state index contributed by atoms with van der Waals surface area (Å²) in [6, 6.07) is 4.00. The molecule has 0 bridgehead atoms. The van der Waals surface area contributed by atoms with Crippen LogP contribution in [0.2, 0.25) is 0 Å². The summed E-state index contributed by atoms with van der Waals surface area (Å²) < 4.78 is 48.3. The van der Waals surface area contributed by atoms with Crippen molar-refractivity contribution < 1.29 is 17.9 Å². The molecule has 0 aromatic heterocycles. The van der Waals surface area contributed by atoms with Crippen molar-refractivity contribution in [3.05, 3.63) is 29.6 Å². The maximum atomic E-state index is 14.8. The van der Waals surface area contributed by atoms with E-state index in [1.165, 1.54) is 69.9 Å². The normalized spacial score (nSPS) is 34.7. The van der Waals surface area contributed by atoms with Gasteiger partial charge in [0, 0.05) is 6.07 Å². The van der Waals surface area contributed by atoms with Crippen LogP contribution in [0.15, 0.2) is 18.2 Å². The fourth-order valence-corrected chi connectivity index (χ4v) is 6.86. The van der Waals surface area contributed by atoms with E-state index in [1.807, 2.05) is 0 Å². The van der Waals surface area contributed by atoms with Crippen LogP contribution in [0.1, 0.15) is 96.0 Å². The van der Waals surface area contributed by atoms with Crippen molar-refractivity contribution in [1.29, 1.82) is 0 Å². The Morgan fingerprint density at radius 3 is 1.81 bits per heavy atom. The summed E-state index contributed by atoms with van der Waals surface area (Å²) >= 11 is 0. The number of benzene rings is 1. The lowest BCUT2D eigenvalue weighted by Gasteiger charge is -2.36. The molecule has 0 N–H and O–H groups in total. The number of hydrogen-bond donors (Lipinski definition) is 0. The molecule has 1 aromatic rings. The fourth-order valence-electron chi connectivity index (χ4n) is 6.86. The van der Waals surface area contributed by atoms with Gasteiger partial charge in [-0.15, -0.1) is 0 Å². The first kappa shape index (κ1) is 24.0. The van der Waals surface area contributed by atoms with Gasteiger partial charge in [0.2, 0.25) is 0 Å². The second kappa shape index (κ2) is 10.4. The summed E-state index contributed by atoms with van der Waals surface area (Å²) in [5.74, 6) is 2.69. The van der Waals surface area contributed by atoms with E-state index in [1.54, 1.807) is 6.92 Å². The maximum absolute atomic E-state index is 14.8. The Bertz CT molecular complexity index is 732. The van der Waals surface area contributed by atoms with Gasteiger partial charge in [0.25, 0.3) is 0 Å². The quantitative estimate of drug-likeness (QED) is 0.407. The van der Waals surface area contributed by atoms with E-state index in [4.69, 9.17) is 4.74 Å². The highest BCUT2D eigenvalue weighted by atomic mass is 19.3. The van der Waals surface area contributed by atoms with Crippen molar-refractivity contribution in [3.8, 4) is 5.75 Å². The Morgan fingerprint density at radius 1 is 0.750 bits per heavy atom. The number of rotatable bonds is 5. The minimum Gasteiger partial charge on any atom is -0.432 e. The highest BCUT2D eigenvalue weighted by Gasteiger charge is 2.45. The molecule has 4 heteroatoms. The van der Waals surface area contributed by atoms with E-state index in [0.717, 1.165) is 36.7 Å². The number of ether oxygens (including phenoxy) is 1.